The van der Waals surface area contributed by atoms with Gasteiger partial charge in [-0.3, -0.25) is 0 Å². The maximum absolute atomic E-state index is 13.9. The van der Waals surface area contributed by atoms with Gasteiger partial charge in [-0.15, -0.1) is 0 Å². The summed E-state index contributed by atoms with van der Waals surface area (Å²) in [6.45, 7) is 5.26. The zero-order valence-electron chi connectivity index (χ0n) is 9.70. The fourth-order valence-electron chi connectivity index (χ4n) is 1.95. The van der Waals surface area contributed by atoms with Crippen molar-refractivity contribution in [3.05, 3.63) is 17.8 Å². The van der Waals surface area contributed by atoms with Crippen LogP contribution >= 0.6 is 0 Å². The lowest BCUT2D eigenvalue weighted by molar-refractivity contribution is 0.316. The molecule has 4 nitrogen and oxygen atoms in total. The van der Waals surface area contributed by atoms with E-state index >= 15 is 0 Å². The molecule has 2 rings (SSSR count). The van der Waals surface area contributed by atoms with Gasteiger partial charge in [0, 0.05) is 13.1 Å². The minimum Gasteiger partial charge on any atom is -0.350 e. The number of hydrogen-bond donors (Lipinski definition) is 1. The Balaban J connectivity index is 2.18. The number of halogens is 1. The van der Waals surface area contributed by atoms with Crippen LogP contribution < -0.4 is 10.6 Å². The van der Waals surface area contributed by atoms with Gasteiger partial charge in [0.1, 0.15) is 6.33 Å². The molecule has 1 fully saturated rings. The molecule has 0 aromatic carbocycles. The first-order chi connectivity index (χ1) is 7.59. The summed E-state index contributed by atoms with van der Waals surface area (Å²) < 4.78 is 13.9. The van der Waals surface area contributed by atoms with Crippen LogP contribution in [0.4, 0.5) is 10.2 Å². The first kappa shape index (κ1) is 11.3. The lowest BCUT2D eigenvalue weighted by atomic mass is 9.88. The van der Waals surface area contributed by atoms with Crippen molar-refractivity contribution in [2.75, 3.05) is 18.0 Å². The predicted molar refractivity (Wildman–Crippen MR) is 60.8 cm³/mol. The molecule has 88 valence electrons. The van der Waals surface area contributed by atoms with E-state index in [-0.39, 0.29) is 11.4 Å². The fourth-order valence-corrected chi connectivity index (χ4v) is 1.95. The van der Waals surface area contributed by atoms with Crippen LogP contribution in [0, 0.1) is 5.82 Å². The van der Waals surface area contributed by atoms with Crippen molar-refractivity contribution in [2.24, 2.45) is 5.73 Å². The number of anilines is 1. The summed E-state index contributed by atoms with van der Waals surface area (Å²) in [4.78, 5) is 9.78. The van der Waals surface area contributed by atoms with Crippen LogP contribution in [0.15, 0.2) is 6.33 Å². The van der Waals surface area contributed by atoms with Crippen LogP contribution in [0.1, 0.15) is 26.0 Å². The molecule has 1 aromatic rings. The first-order valence-corrected chi connectivity index (χ1v) is 5.63. The summed E-state index contributed by atoms with van der Waals surface area (Å²) in [6.07, 6.45) is 2.90. The molecule has 0 bridgehead atoms. The highest BCUT2D eigenvalue weighted by atomic mass is 19.1. The average Bonchev–Trinajstić information content (AvgIpc) is 2.25. The van der Waals surface area contributed by atoms with Crippen LogP contribution in [0.5, 0.6) is 0 Å². The summed E-state index contributed by atoms with van der Waals surface area (Å²) in [5.41, 5.74) is 6.33. The van der Waals surface area contributed by atoms with Gasteiger partial charge in [-0.05, 0) is 12.8 Å². The third-order valence-corrected chi connectivity index (χ3v) is 3.19. The minimum atomic E-state index is -0.303. The molecule has 2 N–H and O–H groups in total. The fraction of sp³-hybridized carbons (Fsp3) is 0.636. The zero-order valence-corrected chi connectivity index (χ0v) is 9.70. The average molecular weight is 224 g/mol. The van der Waals surface area contributed by atoms with Crippen molar-refractivity contribution in [3.8, 4) is 0 Å². The third kappa shape index (κ3) is 1.75. The normalized spacial score (nSPS) is 18.4. The lowest BCUT2D eigenvalue weighted by Crippen LogP contribution is -2.67. The maximum atomic E-state index is 13.9. The van der Waals surface area contributed by atoms with E-state index in [1.54, 1.807) is 0 Å². The van der Waals surface area contributed by atoms with Crippen molar-refractivity contribution in [1.29, 1.82) is 0 Å². The number of rotatable bonds is 3. The van der Waals surface area contributed by atoms with Gasteiger partial charge in [0.15, 0.2) is 11.6 Å². The van der Waals surface area contributed by atoms with E-state index in [1.165, 1.54) is 6.33 Å². The van der Waals surface area contributed by atoms with E-state index < -0.39 is 0 Å². The number of nitrogens with two attached hydrogens (primary N) is 1. The van der Waals surface area contributed by atoms with Crippen molar-refractivity contribution in [3.63, 3.8) is 0 Å². The van der Waals surface area contributed by atoms with Crippen molar-refractivity contribution in [2.45, 2.75) is 32.2 Å². The van der Waals surface area contributed by atoms with Crippen LogP contribution in [-0.2, 0) is 6.42 Å². The van der Waals surface area contributed by atoms with Gasteiger partial charge in [-0.1, -0.05) is 13.8 Å². The van der Waals surface area contributed by atoms with E-state index in [4.69, 9.17) is 5.73 Å². The van der Waals surface area contributed by atoms with E-state index in [2.05, 4.69) is 9.97 Å². The Morgan fingerprint density at radius 3 is 2.69 bits per heavy atom. The molecule has 5 heteroatoms. The standard InChI is InChI=1S/C11H17FN4/c1-3-8-9(12)10(15-7-14-8)16-5-11(13,4-2)6-16/h7H,3-6,13H2,1-2H3. The molecule has 1 aliphatic heterocycles. The van der Waals surface area contributed by atoms with E-state index in [0.717, 1.165) is 6.42 Å². The van der Waals surface area contributed by atoms with Crippen LogP contribution in [-0.4, -0.2) is 28.6 Å². The van der Waals surface area contributed by atoms with Crippen molar-refractivity contribution in [1.82, 2.24) is 9.97 Å². The Morgan fingerprint density at radius 1 is 1.44 bits per heavy atom. The monoisotopic (exact) mass is 224 g/mol. The summed E-state index contributed by atoms with van der Waals surface area (Å²) in [6, 6.07) is 0. The maximum Gasteiger partial charge on any atom is 0.187 e. The molecular formula is C11H17FN4. The molecule has 1 aromatic heterocycles. The predicted octanol–water partition coefficient (Wildman–Crippen LogP) is 1.11. The van der Waals surface area contributed by atoms with Gasteiger partial charge in [0.05, 0.1) is 11.2 Å². The van der Waals surface area contributed by atoms with Gasteiger partial charge >= 0.3 is 0 Å². The Kier molecular flexibility index (Phi) is 2.80. The topological polar surface area (TPSA) is 55.0 Å². The summed E-state index contributed by atoms with van der Waals surface area (Å²) in [5, 5.41) is 0. The van der Waals surface area contributed by atoms with Gasteiger partial charge in [0.2, 0.25) is 0 Å². The highest BCUT2D eigenvalue weighted by Gasteiger charge is 2.39. The highest BCUT2D eigenvalue weighted by molar-refractivity contribution is 5.46. The van der Waals surface area contributed by atoms with Gasteiger partial charge in [-0.25, -0.2) is 14.4 Å². The number of aryl methyl sites for hydroxylation is 1. The van der Waals surface area contributed by atoms with Crippen molar-refractivity contribution < 1.29 is 4.39 Å². The largest absolute Gasteiger partial charge is 0.350 e. The van der Waals surface area contributed by atoms with E-state index in [9.17, 15) is 4.39 Å². The van der Waals surface area contributed by atoms with Crippen LogP contribution in [0.25, 0.3) is 0 Å². The van der Waals surface area contributed by atoms with Crippen LogP contribution in [0.3, 0.4) is 0 Å². The summed E-state index contributed by atoms with van der Waals surface area (Å²) in [7, 11) is 0. The Hall–Kier alpha value is -1.23. The van der Waals surface area contributed by atoms with Gasteiger partial charge in [-0.2, -0.15) is 0 Å². The molecule has 1 aliphatic rings. The second-order valence-electron chi connectivity index (χ2n) is 4.38. The van der Waals surface area contributed by atoms with Gasteiger partial charge < -0.3 is 10.6 Å². The second kappa shape index (κ2) is 3.97. The molecule has 16 heavy (non-hydrogen) atoms. The highest BCUT2D eigenvalue weighted by Crippen LogP contribution is 2.28. The molecule has 0 amide bonds. The number of aromatic nitrogens is 2. The van der Waals surface area contributed by atoms with Gasteiger partial charge in [0.25, 0.3) is 0 Å². The molecule has 0 saturated carbocycles. The zero-order chi connectivity index (χ0) is 11.8. The molecule has 0 unspecified atom stereocenters. The molecule has 1 saturated heterocycles. The van der Waals surface area contributed by atoms with E-state index in [1.807, 2.05) is 18.7 Å². The summed E-state index contributed by atoms with van der Waals surface area (Å²) >= 11 is 0. The lowest BCUT2D eigenvalue weighted by Gasteiger charge is -2.48. The quantitative estimate of drug-likeness (QED) is 0.835. The molecule has 0 spiro atoms. The Morgan fingerprint density at radius 2 is 2.12 bits per heavy atom. The number of hydrogen-bond acceptors (Lipinski definition) is 4. The Labute approximate surface area is 94.7 Å². The number of nitrogens with zero attached hydrogens (tertiary/aromatic N) is 3. The molecule has 0 aliphatic carbocycles. The second-order valence-corrected chi connectivity index (χ2v) is 4.38. The molecule has 2 heterocycles. The molecule has 0 atom stereocenters. The third-order valence-electron chi connectivity index (χ3n) is 3.19. The van der Waals surface area contributed by atoms with Crippen molar-refractivity contribution >= 4 is 5.82 Å². The van der Waals surface area contributed by atoms with Crippen LogP contribution in [0.2, 0.25) is 0 Å². The Bertz CT molecular complexity index is 388. The first-order valence-electron chi connectivity index (χ1n) is 5.63. The minimum absolute atomic E-state index is 0.177. The summed E-state index contributed by atoms with van der Waals surface area (Å²) in [5.74, 6) is 0.0875. The molecular weight excluding hydrogens is 207 g/mol. The SMILES string of the molecule is CCc1ncnc(N2CC(N)(CC)C2)c1F. The van der Waals surface area contributed by atoms with E-state index in [0.29, 0.717) is 31.0 Å². The smallest absolute Gasteiger partial charge is 0.187 e. The molecule has 0 radical (unpaired) electrons.